The van der Waals surface area contributed by atoms with Crippen molar-refractivity contribution in [1.82, 2.24) is 9.88 Å². The average Bonchev–Trinajstić information content (AvgIpc) is 2.99. The number of amides is 1. The number of aliphatic hydroxyl groups excluding tert-OH is 1. The number of rotatable bonds is 4. The maximum atomic E-state index is 13.8. The maximum absolute atomic E-state index is 13.8. The van der Waals surface area contributed by atoms with Crippen LogP contribution in [0.3, 0.4) is 0 Å². The third kappa shape index (κ3) is 4.49. The fraction of sp³-hybridized carbons (Fsp3) is 0.286. The van der Waals surface area contributed by atoms with Gasteiger partial charge in [0.1, 0.15) is 11.5 Å². The zero-order valence-corrected chi connectivity index (χ0v) is 16.6. The molecule has 2 aromatic carbocycles. The van der Waals surface area contributed by atoms with Crippen molar-refractivity contribution in [3.8, 4) is 0 Å². The van der Waals surface area contributed by atoms with E-state index in [0.717, 1.165) is 10.9 Å². The molecular formula is C21H24ClFN2O2. The lowest BCUT2D eigenvalue weighted by Crippen LogP contribution is -2.28. The minimum atomic E-state index is -0.486. The molecule has 144 valence electrons. The maximum Gasteiger partial charge on any atom is 0.268 e. The van der Waals surface area contributed by atoms with E-state index >= 15 is 0 Å². The normalized spacial score (nSPS) is 11.7. The third-order valence-electron chi connectivity index (χ3n) is 4.34. The SMILES string of the molecule is CC.CC(NC(=O)c1cc2ccc(Cl)cc2n1C)c1ccc(CO)c(F)c1. The summed E-state index contributed by atoms with van der Waals surface area (Å²) in [5.41, 5.74) is 2.22. The van der Waals surface area contributed by atoms with Gasteiger partial charge in [-0.2, -0.15) is 0 Å². The molecular weight excluding hydrogens is 367 g/mol. The van der Waals surface area contributed by atoms with Crippen LogP contribution in [0.15, 0.2) is 42.5 Å². The highest BCUT2D eigenvalue weighted by Gasteiger charge is 2.17. The van der Waals surface area contributed by atoms with E-state index in [4.69, 9.17) is 16.7 Å². The third-order valence-corrected chi connectivity index (χ3v) is 4.57. The second kappa shape index (κ2) is 9.02. The number of carbonyl (C=O) groups is 1. The summed E-state index contributed by atoms with van der Waals surface area (Å²) < 4.78 is 15.6. The molecule has 0 fully saturated rings. The first-order chi connectivity index (χ1) is 12.9. The van der Waals surface area contributed by atoms with Crippen molar-refractivity contribution in [3.63, 3.8) is 0 Å². The van der Waals surface area contributed by atoms with Crippen LogP contribution in [0.4, 0.5) is 4.39 Å². The average molecular weight is 391 g/mol. The monoisotopic (exact) mass is 390 g/mol. The number of benzene rings is 2. The predicted molar refractivity (Wildman–Crippen MR) is 107 cm³/mol. The Labute approximate surface area is 163 Å². The molecule has 0 saturated heterocycles. The van der Waals surface area contributed by atoms with E-state index in [-0.39, 0.29) is 24.1 Å². The van der Waals surface area contributed by atoms with Crippen LogP contribution in [0.25, 0.3) is 10.9 Å². The first-order valence-corrected chi connectivity index (χ1v) is 9.23. The smallest absolute Gasteiger partial charge is 0.268 e. The zero-order chi connectivity index (χ0) is 20.1. The Morgan fingerprint density at radius 2 is 1.93 bits per heavy atom. The molecule has 0 bridgehead atoms. The second-order valence-electron chi connectivity index (χ2n) is 6.00. The Hall–Kier alpha value is -2.37. The Morgan fingerprint density at radius 1 is 1.22 bits per heavy atom. The van der Waals surface area contributed by atoms with Gasteiger partial charge in [-0.15, -0.1) is 0 Å². The van der Waals surface area contributed by atoms with Crippen molar-refractivity contribution in [3.05, 3.63) is 70.1 Å². The summed E-state index contributed by atoms with van der Waals surface area (Å²) in [5, 5.41) is 13.4. The van der Waals surface area contributed by atoms with E-state index in [2.05, 4.69) is 5.32 Å². The summed E-state index contributed by atoms with van der Waals surface area (Å²) in [7, 11) is 1.80. The quantitative estimate of drug-likeness (QED) is 0.660. The van der Waals surface area contributed by atoms with E-state index < -0.39 is 5.82 Å². The lowest BCUT2D eigenvalue weighted by atomic mass is 10.1. The molecule has 1 heterocycles. The van der Waals surface area contributed by atoms with Crippen molar-refractivity contribution in [2.45, 2.75) is 33.4 Å². The number of aryl methyl sites for hydroxylation is 1. The number of fused-ring (bicyclic) bond motifs is 1. The largest absolute Gasteiger partial charge is 0.392 e. The number of hydrogen-bond donors (Lipinski definition) is 2. The molecule has 4 nitrogen and oxygen atoms in total. The molecule has 2 N–H and O–H groups in total. The molecule has 3 rings (SSSR count). The van der Waals surface area contributed by atoms with Gasteiger partial charge in [-0.05, 0) is 36.8 Å². The van der Waals surface area contributed by atoms with Crippen LogP contribution in [0.5, 0.6) is 0 Å². The second-order valence-corrected chi connectivity index (χ2v) is 6.43. The highest BCUT2D eigenvalue weighted by Crippen LogP contribution is 2.23. The van der Waals surface area contributed by atoms with Crippen LogP contribution in [0.1, 0.15) is 48.4 Å². The van der Waals surface area contributed by atoms with Gasteiger partial charge in [-0.3, -0.25) is 4.79 Å². The summed E-state index contributed by atoms with van der Waals surface area (Å²) in [4.78, 5) is 12.6. The van der Waals surface area contributed by atoms with Crippen LogP contribution >= 0.6 is 11.6 Å². The summed E-state index contributed by atoms with van der Waals surface area (Å²) in [6, 6.07) is 11.4. The van der Waals surface area contributed by atoms with E-state index in [0.29, 0.717) is 16.3 Å². The number of aliphatic hydroxyl groups is 1. The Kier molecular flexibility index (Phi) is 6.99. The predicted octanol–water partition coefficient (Wildman–Crippen LogP) is 4.98. The molecule has 6 heteroatoms. The van der Waals surface area contributed by atoms with Gasteiger partial charge >= 0.3 is 0 Å². The molecule has 1 aromatic heterocycles. The summed E-state index contributed by atoms with van der Waals surface area (Å²) in [6.45, 7) is 5.43. The molecule has 0 radical (unpaired) electrons. The van der Waals surface area contributed by atoms with Gasteiger partial charge in [0, 0.05) is 28.5 Å². The number of aromatic nitrogens is 1. The minimum Gasteiger partial charge on any atom is -0.392 e. The lowest BCUT2D eigenvalue weighted by Gasteiger charge is -2.15. The number of halogens is 2. The molecule has 1 atom stereocenters. The van der Waals surface area contributed by atoms with Gasteiger partial charge in [0.15, 0.2) is 0 Å². The first-order valence-electron chi connectivity index (χ1n) is 8.85. The van der Waals surface area contributed by atoms with E-state index in [1.807, 2.05) is 19.9 Å². The molecule has 0 aliphatic carbocycles. The van der Waals surface area contributed by atoms with Crippen LogP contribution < -0.4 is 5.32 Å². The molecule has 27 heavy (non-hydrogen) atoms. The van der Waals surface area contributed by atoms with Crippen LogP contribution in [0.2, 0.25) is 5.02 Å². The summed E-state index contributed by atoms with van der Waals surface area (Å²) >= 11 is 6.02. The van der Waals surface area contributed by atoms with Crippen LogP contribution in [-0.4, -0.2) is 15.6 Å². The van der Waals surface area contributed by atoms with Crippen molar-refractivity contribution >= 4 is 28.4 Å². The molecule has 0 aliphatic heterocycles. The van der Waals surface area contributed by atoms with Gasteiger partial charge < -0.3 is 15.0 Å². The molecule has 0 aliphatic rings. The molecule has 3 aromatic rings. The Balaban J connectivity index is 0.00000126. The molecule has 1 unspecified atom stereocenters. The zero-order valence-electron chi connectivity index (χ0n) is 15.9. The Bertz CT molecular complexity index is 953. The van der Waals surface area contributed by atoms with Crippen LogP contribution in [0, 0.1) is 5.82 Å². The fourth-order valence-corrected chi connectivity index (χ4v) is 3.00. The van der Waals surface area contributed by atoms with Crippen molar-refractivity contribution in [2.24, 2.45) is 7.05 Å². The first kappa shape index (κ1) is 20.9. The topological polar surface area (TPSA) is 54.3 Å². The molecule has 1 amide bonds. The van der Waals surface area contributed by atoms with Gasteiger partial charge in [0.25, 0.3) is 5.91 Å². The lowest BCUT2D eigenvalue weighted by molar-refractivity contribution is 0.0932. The number of hydrogen-bond acceptors (Lipinski definition) is 2. The summed E-state index contributed by atoms with van der Waals surface area (Å²) in [6.07, 6.45) is 0. The van der Waals surface area contributed by atoms with Crippen LogP contribution in [-0.2, 0) is 13.7 Å². The van der Waals surface area contributed by atoms with E-state index in [9.17, 15) is 9.18 Å². The number of nitrogens with zero attached hydrogens (tertiary/aromatic N) is 1. The number of carbonyl (C=O) groups excluding carboxylic acids is 1. The van der Waals surface area contributed by atoms with Gasteiger partial charge in [-0.1, -0.05) is 43.6 Å². The minimum absolute atomic E-state index is 0.229. The van der Waals surface area contributed by atoms with Gasteiger partial charge in [0.05, 0.1) is 12.6 Å². The number of nitrogens with one attached hydrogen (secondary N) is 1. The van der Waals surface area contributed by atoms with Crippen molar-refractivity contribution < 1.29 is 14.3 Å². The highest BCUT2D eigenvalue weighted by atomic mass is 35.5. The highest BCUT2D eigenvalue weighted by molar-refractivity contribution is 6.31. The van der Waals surface area contributed by atoms with Crippen molar-refractivity contribution in [2.75, 3.05) is 0 Å². The van der Waals surface area contributed by atoms with E-state index in [1.165, 1.54) is 12.1 Å². The van der Waals surface area contributed by atoms with E-state index in [1.54, 1.807) is 42.8 Å². The fourth-order valence-electron chi connectivity index (χ4n) is 2.84. The van der Waals surface area contributed by atoms with Gasteiger partial charge in [0.2, 0.25) is 0 Å². The van der Waals surface area contributed by atoms with Gasteiger partial charge in [-0.25, -0.2) is 4.39 Å². The molecule has 0 saturated carbocycles. The summed E-state index contributed by atoms with van der Waals surface area (Å²) in [5.74, 6) is -0.741. The Morgan fingerprint density at radius 3 is 2.56 bits per heavy atom. The van der Waals surface area contributed by atoms with Crippen molar-refractivity contribution in [1.29, 1.82) is 0 Å². The molecule has 0 spiro atoms. The standard InChI is InChI=1S/C19H18ClFN2O2.C2H6/c1-11(12-3-4-14(10-24)16(21)7-12)22-19(25)18-8-13-5-6-15(20)9-17(13)23(18)2;1-2/h3-9,11,24H,10H2,1-2H3,(H,22,25);1-2H3.